The summed E-state index contributed by atoms with van der Waals surface area (Å²) in [6, 6.07) is 13.4. The summed E-state index contributed by atoms with van der Waals surface area (Å²) in [4.78, 5) is 8.16. The van der Waals surface area contributed by atoms with E-state index in [1.807, 2.05) is 6.07 Å². The van der Waals surface area contributed by atoms with Crippen molar-refractivity contribution in [1.29, 1.82) is 0 Å². The molecule has 0 spiro atoms. The SMILES string of the molecule is O=S(=O)(c1cccnc1Oc1ccccc1)N(c1ccn[nH]1)c1nccs1. The van der Waals surface area contributed by atoms with Crippen LogP contribution in [0.1, 0.15) is 0 Å². The molecular formula is C17H13N5O3S2. The molecule has 3 heterocycles. The van der Waals surface area contributed by atoms with Crippen LogP contribution in [0.2, 0.25) is 0 Å². The maximum atomic E-state index is 13.5. The number of nitrogens with zero attached hydrogens (tertiary/aromatic N) is 4. The van der Waals surface area contributed by atoms with E-state index in [1.165, 1.54) is 42.1 Å². The molecular weight excluding hydrogens is 386 g/mol. The summed E-state index contributed by atoms with van der Waals surface area (Å²) >= 11 is 1.19. The Kier molecular flexibility index (Phi) is 4.57. The van der Waals surface area contributed by atoms with Crippen molar-refractivity contribution in [2.24, 2.45) is 0 Å². The number of benzene rings is 1. The first-order valence-corrected chi connectivity index (χ1v) is 10.1. The molecule has 0 amide bonds. The zero-order valence-corrected chi connectivity index (χ0v) is 15.4. The normalized spacial score (nSPS) is 11.3. The van der Waals surface area contributed by atoms with Crippen molar-refractivity contribution in [3.63, 3.8) is 0 Å². The molecule has 10 heteroatoms. The number of nitrogens with one attached hydrogen (secondary N) is 1. The third kappa shape index (κ3) is 3.39. The summed E-state index contributed by atoms with van der Waals surface area (Å²) in [5, 5.41) is 8.49. The number of rotatable bonds is 6. The fraction of sp³-hybridized carbons (Fsp3) is 0. The topological polar surface area (TPSA) is 101 Å². The van der Waals surface area contributed by atoms with Crippen molar-refractivity contribution in [2.45, 2.75) is 4.90 Å². The van der Waals surface area contributed by atoms with Gasteiger partial charge in [-0.2, -0.15) is 9.40 Å². The van der Waals surface area contributed by atoms with Crippen LogP contribution < -0.4 is 9.04 Å². The van der Waals surface area contributed by atoms with Gasteiger partial charge in [-0.05, 0) is 24.3 Å². The number of para-hydroxylation sites is 1. The first-order chi connectivity index (χ1) is 13.2. The Labute approximate surface area is 159 Å². The molecule has 0 radical (unpaired) electrons. The van der Waals surface area contributed by atoms with E-state index in [4.69, 9.17) is 4.74 Å². The Balaban J connectivity index is 1.82. The molecule has 0 atom stereocenters. The van der Waals surface area contributed by atoms with Gasteiger partial charge in [0, 0.05) is 23.8 Å². The summed E-state index contributed by atoms with van der Waals surface area (Å²) in [7, 11) is -4.08. The Morgan fingerprint density at radius 1 is 0.963 bits per heavy atom. The van der Waals surface area contributed by atoms with E-state index < -0.39 is 10.0 Å². The minimum atomic E-state index is -4.08. The highest BCUT2D eigenvalue weighted by Crippen LogP contribution is 2.35. The summed E-state index contributed by atoms with van der Waals surface area (Å²) in [5.41, 5.74) is 0. The van der Waals surface area contributed by atoms with E-state index in [1.54, 1.807) is 35.7 Å². The van der Waals surface area contributed by atoms with E-state index in [0.717, 1.165) is 4.31 Å². The minimum Gasteiger partial charge on any atom is -0.438 e. The minimum absolute atomic E-state index is 0.0234. The fourth-order valence-corrected chi connectivity index (χ4v) is 4.72. The lowest BCUT2D eigenvalue weighted by Crippen LogP contribution is -2.27. The summed E-state index contributed by atoms with van der Waals surface area (Å²) < 4.78 is 33.7. The number of H-pyrrole nitrogens is 1. The predicted molar refractivity (Wildman–Crippen MR) is 101 cm³/mol. The van der Waals surface area contributed by atoms with Gasteiger partial charge in [-0.3, -0.25) is 5.10 Å². The van der Waals surface area contributed by atoms with Crippen molar-refractivity contribution < 1.29 is 13.2 Å². The Bertz CT molecular complexity index is 1080. The second-order valence-electron chi connectivity index (χ2n) is 5.25. The van der Waals surface area contributed by atoms with Crippen LogP contribution in [0.25, 0.3) is 0 Å². The zero-order chi connectivity index (χ0) is 18.7. The quantitative estimate of drug-likeness (QED) is 0.532. The van der Waals surface area contributed by atoms with E-state index in [0.29, 0.717) is 5.75 Å². The molecule has 0 bridgehead atoms. The largest absolute Gasteiger partial charge is 0.438 e. The van der Waals surface area contributed by atoms with Gasteiger partial charge >= 0.3 is 0 Å². The van der Waals surface area contributed by atoms with Crippen LogP contribution in [0.3, 0.4) is 0 Å². The predicted octanol–water partition coefficient (Wildman–Crippen LogP) is 3.58. The van der Waals surface area contributed by atoms with E-state index in [-0.39, 0.29) is 21.7 Å². The number of sulfonamides is 1. The first kappa shape index (κ1) is 17.2. The molecule has 136 valence electrons. The molecule has 3 aromatic heterocycles. The van der Waals surface area contributed by atoms with Gasteiger partial charge in [-0.15, -0.1) is 11.3 Å². The number of hydrogen-bond acceptors (Lipinski definition) is 7. The third-order valence-corrected chi connectivity index (χ3v) is 6.10. The third-order valence-electron chi connectivity index (χ3n) is 3.51. The maximum absolute atomic E-state index is 13.5. The van der Waals surface area contributed by atoms with Gasteiger partial charge < -0.3 is 4.74 Å². The smallest absolute Gasteiger partial charge is 0.277 e. The highest BCUT2D eigenvalue weighted by atomic mass is 32.2. The maximum Gasteiger partial charge on any atom is 0.277 e. The lowest BCUT2D eigenvalue weighted by atomic mass is 10.3. The van der Waals surface area contributed by atoms with Gasteiger partial charge in [0.15, 0.2) is 4.90 Å². The van der Waals surface area contributed by atoms with Crippen LogP contribution in [0.15, 0.2) is 77.4 Å². The van der Waals surface area contributed by atoms with Crippen LogP contribution in [-0.4, -0.2) is 28.6 Å². The highest BCUT2D eigenvalue weighted by molar-refractivity contribution is 7.93. The van der Waals surface area contributed by atoms with Crippen molar-refractivity contribution in [3.05, 3.63) is 72.5 Å². The second-order valence-corrected chi connectivity index (χ2v) is 7.88. The molecule has 27 heavy (non-hydrogen) atoms. The van der Waals surface area contributed by atoms with Crippen molar-refractivity contribution >= 4 is 32.3 Å². The average molecular weight is 399 g/mol. The van der Waals surface area contributed by atoms with Crippen molar-refractivity contribution in [3.8, 4) is 11.6 Å². The summed E-state index contributed by atoms with van der Waals surface area (Å²) in [6.07, 6.45) is 4.47. The number of thiazole rings is 1. The fourth-order valence-electron chi connectivity index (χ4n) is 2.36. The van der Waals surface area contributed by atoms with Gasteiger partial charge in [-0.1, -0.05) is 18.2 Å². The van der Waals surface area contributed by atoms with E-state index >= 15 is 0 Å². The number of anilines is 2. The standard InChI is InChI=1S/C17H13N5O3S2/c23-27(24,22(15-8-10-20-21-15)17-19-11-12-26-17)14-7-4-9-18-16(14)25-13-5-2-1-3-6-13/h1-12H,(H,20,21). The highest BCUT2D eigenvalue weighted by Gasteiger charge is 2.33. The molecule has 0 saturated carbocycles. The van der Waals surface area contributed by atoms with Crippen LogP contribution in [0.4, 0.5) is 10.9 Å². The van der Waals surface area contributed by atoms with Gasteiger partial charge in [-0.25, -0.2) is 18.4 Å². The lowest BCUT2D eigenvalue weighted by Gasteiger charge is -2.20. The number of pyridine rings is 1. The zero-order valence-electron chi connectivity index (χ0n) is 13.8. The Morgan fingerprint density at radius 3 is 2.52 bits per heavy atom. The molecule has 8 nitrogen and oxygen atoms in total. The van der Waals surface area contributed by atoms with Crippen molar-refractivity contribution in [2.75, 3.05) is 4.31 Å². The lowest BCUT2D eigenvalue weighted by molar-refractivity contribution is 0.447. The van der Waals surface area contributed by atoms with Crippen LogP contribution in [0, 0.1) is 0 Å². The molecule has 0 aliphatic rings. The van der Waals surface area contributed by atoms with Gasteiger partial charge in [0.1, 0.15) is 11.6 Å². The Hall–Kier alpha value is -3.24. The molecule has 4 aromatic rings. The number of aromatic amines is 1. The molecule has 4 rings (SSSR count). The first-order valence-electron chi connectivity index (χ1n) is 7.78. The second kappa shape index (κ2) is 7.17. The molecule has 0 saturated heterocycles. The molecule has 1 aromatic carbocycles. The number of ether oxygens (including phenoxy) is 1. The molecule has 0 aliphatic carbocycles. The van der Waals surface area contributed by atoms with Crippen molar-refractivity contribution in [1.82, 2.24) is 20.2 Å². The van der Waals surface area contributed by atoms with Gasteiger partial charge in [0.25, 0.3) is 10.0 Å². The molecule has 0 fully saturated rings. The Morgan fingerprint density at radius 2 is 1.81 bits per heavy atom. The molecule has 1 N–H and O–H groups in total. The van der Waals surface area contributed by atoms with Crippen LogP contribution in [0.5, 0.6) is 11.6 Å². The van der Waals surface area contributed by atoms with Gasteiger partial charge in [0.2, 0.25) is 11.0 Å². The van der Waals surface area contributed by atoms with E-state index in [9.17, 15) is 8.42 Å². The summed E-state index contributed by atoms with van der Waals surface area (Å²) in [6.45, 7) is 0. The average Bonchev–Trinajstić information content (AvgIpc) is 3.38. The molecule has 0 aliphatic heterocycles. The monoisotopic (exact) mass is 399 g/mol. The summed E-state index contributed by atoms with van der Waals surface area (Å²) in [5.74, 6) is 0.722. The van der Waals surface area contributed by atoms with Crippen LogP contribution in [-0.2, 0) is 10.0 Å². The van der Waals surface area contributed by atoms with Gasteiger partial charge in [0.05, 0.1) is 6.20 Å². The number of aromatic nitrogens is 4. The molecule has 0 unspecified atom stereocenters. The number of hydrogen-bond donors (Lipinski definition) is 1. The van der Waals surface area contributed by atoms with E-state index in [2.05, 4.69) is 20.2 Å². The van der Waals surface area contributed by atoms with Crippen LogP contribution >= 0.6 is 11.3 Å².